The molecule has 0 aliphatic rings. The van der Waals surface area contributed by atoms with Gasteiger partial charge in [0, 0.05) is 17.5 Å². The molecule has 5 nitrogen and oxygen atoms in total. The highest BCUT2D eigenvalue weighted by Crippen LogP contribution is 2.23. The number of nitrogens with zero attached hydrogens (tertiary/aromatic N) is 1. The van der Waals surface area contributed by atoms with Gasteiger partial charge in [0.15, 0.2) is 0 Å². The van der Waals surface area contributed by atoms with Crippen molar-refractivity contribution in [3.63, 3.8) is 0 Å². The maximum Gasteiger partial charge on any atom is 0.288 e. The van der Waals surface area contributed by atoms with E-state index in [0.29, 0.717) is 6.42 Å². The number of halogens is 1. The maximum atomic E-state index is 11.7. The molecule has 0 fully saturated rings. The zero-order valence-corrected chi connectivity index (χ0v) is 13.5. The number of hydrogen-bond acceptors (Lipinski definition) is 4. The third-order valence-corrected chi connectivity index (χ3v) is 4.35. The van der Waals surface area contributed by atoms with Crippen LogP contribution in [0.3, 0.4) is 0 Å². The highest BCUT2D eigenvalue weighted by molar-refractivity contribution is 9.11. The molecule has 21 heavy (non-hydrogen) atoms. The summed E-state index contributed by atoms with van der Waals surface area (Å²) in [6.07, 6.45) is 3.46. The molecular weight excluding hydrogens is 354 g/mol. The Balaban J connectivity index is 1.67. The number of carbonyl (C=O) groups is 2. The standard InChI is InChI=1S/C14H14BrN3O2S/c15-12-8-7-10(21-12)4-3-6-13(19)17-18-14(20)11-5-1-2-9-16-11/h1-2,5,7-9H,3-4,6H2,(H,17,19)(H,18,20). The van der Waals surface area contributed by atoms with Gasteiger partial charge in [-0.25, -0.2) is 0 Å². The molecule has 2 rings (SSSR count). The highest BCUT2D eigenvalue weighted by Gasteiger charge is 2.08. The summed E-state index contributed by atoms with van der Waals surface area (Å²) in [6.45, 7) is 0. The molecule has 2 N–H and O–H groups in total. The smallest absolute Gasteiger partial charge is 0.273 e. The minimum absolute atomic E-state index is 0.213. The Labute approximate surface area is 134 Å². The molecule has 0 radical (unpaired) electrons. The van der Waals surface area contributed by atoms with Gasteiger partial charge in [0.25, 0.3) is 5.91 Å². The molecule has 110 valence electrons. The largest absolute Gasteiger partial charge is 0.288 e. The summed E-state index contributed by atoms with van der Waals surface area (Å²) in [7, 11) is 0. The van der Waals surface area contributed by atoms with Crippen LogP contribution in [-0.2, 0) is 11.2 Å². The number of aromatic nitrogens is 1. The van der Waals surface area contributed by atoms with Crippen LogP contribution in [0.2, 0.25) is 0 Å². The second-order valence-electron chi connectivity index (χ2n) is 4.28. The van der Waals surface area contributed by atoms with E-state index in [2.05, 4.69) is 31.8 Å². The van der Waals surface area contributed by atoms with Crippen LogP contribution in [0.4, 0.5) is 0 Å². The lowest BCUT2D eigenvalue weighted by atomic mass is 10.2. The van der Waals surface area contributed by atoms with E-state index < -0.39 is 5.91 Å². The van der Waals surface area contributed by atoms with Crippen molar-refractivity contribution < 1.29 is 9.59 Å². The van der Waals surface area contributed by atoms with Gasteiger partial charge >= 0.3 is 0 Å². The average Bonchev–Trinajstić information content (AvgIpc) is 2.91. The molecule has 2 amide bonds. The Morgan fingerprint density at radius 1 is 1.19 bits per heavy atom. The average molecular weight is 368 g/mol. The molecular formula is C14H14BrN3O2S. The fraction of sp³-hybridized carbons (Fsp3) is 0.214. The monoisotopic (exact) mass is 367 g/mol. The first-order valence-electron chi connectivity index (χ1n) is 6.39. The van der Waals surface area contributed by atoms with Crippen LogP contribution < -0.4 is 10.9 Å². The number of carbonyl (C=O) groups excluding carboxylic acids is 2. The van der Waals surface area contributed by atoms with Crippen molar-refractivity contribution in [2.24, 2.45) is 0 Å². The van der Waals surface area contributed by atoms with E-state index in [1.54, 1.807) is 29.5 Å². The van der Waals surface area contributed by atoms with E-state index in [1.165, 1.54) is 11.1 Å². The van der Waals surface area contributed by atoms with Crippen molar-refractivity contribution in [3.8, 4) is 0 Å². The molecule has 0 aromatic carbocycles. The van der Waals surface area contributed by atoms with Crippen molar-refractivity contribution in [3.05, 3.63) is 50.9 Å². The maximum absolute atomic E-state index is 11.7. The van der Waals surface area contributed by atoms with Crippen molar-refractivity contribution in [1.82, 2.24) is 15.8 Å². The van der Waals surface area contributed by atoms with Gasteiger partial charge < -0.3 is 0 Å². The molecule has 7 heteroatoms. The third-order valence-electron chi connectivity index (χ3n) is 2.67. The van der Waals surface area contributed by atoms with Crippen LogP contribution in [0.15, 0.2) is 40.3 Å². The molecule has 0 bridgehead atoms. The summed E-state index contributed by atoms with van der Waals surface area (Å²) < 4.78 is 1.09. The summed E-state index contributed by atoms with van der Waals surface area (Å²) in [5.74, 6) is -0.638. The zero-order chi connectivity index (χ0) is 15.1. The van der Waals surface area contributed by atoms with E-state index >= 15 is 0 Å². The summed E-state index contributed by atoms with van der Waals surface area (Å²) in [6, 6.07) is 9.04. The van der Waals surface area contributed by atoms with Crippen LogP contribution >= 0.6 is 27.3 Å². The van der Waals surface area contributed by atoms with Crippen LogP contribution in [0, 0.1) is 0 Å². The summed E-state index contributed by atoms with van der Waals surface area (Å²) in [5.41, 5.74) is 5.00. The number of nitrogens with one attached hydrogen (secondary N) is 2. The molecule has 0 unspecified atom stereocenters. The fourth-order valence-electron chi connectivity index (χ4n) is 1.66. The van der Waals surface area contributed by atoms with Gasteiger partial charge in [-0.05, 0) is 53.0 Å². The number of rotatable bonds is 5. The van der Waals surface area contributed by atoms with E-state index in [9.17, 15) is 9.59 Å². The summed E-state index contributed by atoms with van der Waals surface area (Å²) >= 11 is 5.06. The first-order chi connectivity index (χ1) is 10.1. The molecule has 0 spiro atoms. The van der Waals surface area contributed by atoms with Crippen molar-refractivity contribution in [1.29, 1.82) is 0 Å². The van der Waals surface area contributed by atoms with E-state index in [-0.39, 0.29) is 11.6 Å². The molecule has 0 saturated heterocycles. The van der Waals surface area contributed by atoms with Gasteiger partial charge in [0.2, 0.25) is 5.91 Å². The normalized spacial score (nSPS) is 10.1. The minimum atomic E-state index is -0.425. The Hall–Kier alpha value is -1.73. The molecule has 0 saturated carbocycles. The fourth-order valence-corrected chi connectivity index (χ4v) is 3.18. The van der Waals surface area contributed by atoms with E-state index in [1.807, 2.05) is 12.1 Å². The predicted octanol–water partition coefficient (Wildman–Crippen LogP) is 2.69. The Morgan fingerprint density at radius 2 is 2.05 bits per heavy atom. The number of thiophene rings is 1. The van der Waals surface area contributed by atoms with Gasteiger partial charge in [0.05, 0.1) is 3.79 Å². The minimum Gasteiger partial charge on any atom is -0.273 e. The van der Waals surface area contributed by atoms with Crippen molar-refractivity contribution in [2.75, 3.05) is 0 Å². The van der Waals surface area contributed by atoms with Crippen LogP contribution in [0.1, 0.15) is 28.2 Å². The number of hydrazine groups is 1. The second kappa shape index (κ2) is 7.90. The molecule has 2 heterocycles. The first-order valence-corrected chi connectivity index (χ1v) is 8.00. The Bertz CT molecular complexity index is 616. The number of hydrogen-bond donors (Lipinski definition) is 2. The lowest BCUT2D eigenvalue weighted by Gasteiger charge is -2.06. The second-order valence-corrected chi connectivity index (χ2v) is 6.82. The number of amides is 2. The Morgan fingerprint density at radius 3 is 2.71 bits per heavy atom. The van der Waals surface area contributed by atoms with Gasteiger partial charge in [-0.3, -0.25) is 25.4 Å². The van der Waals surface area contributed by atoms with E-state index in [0.717, 1.165) is 16.6 Å². The number of pyridine rings is 1. The molecule has 0 aliphatic heterocycles. The topological polar surface area (TPSA) is 71.1 Å². The third kappa shape index (κ3) is 5.28. The molecule has 2 aromatic rings. The SMILES string of the molecule is O=C(CCCc1ccc(Br)s1)NNC(=O)c1ccccn1. The molecule has 0 atom stereocenters. The molecule has 0 aliphatic carbocycles. The first kappa shape index (κ1) is 15.7. The Kier molecular flexibility index (Phi) is 5.89. The lowest BCUT2D eigenvalue weighted by Crippen LogP contribution is -2.41. The van der Waals surface area contributed by atoms with Crippen molar-refractivity contribution in [2.45, 2.75) is 19.3 Å². The van der Waals surface area contributed by atoms with E-state index in [4.69, 9.17) is 0 Å². The quantitative estimate of drug-likeness (QED) is 0.798. The molecule has 2 aromatic heterocycles. The van der Waals surface area contributed by atoms with Crippen LogP contribution in [0.5, 0.6) is 0 Å². The van der Waals surface area contributed by atoms with Gasteiger partial charge in [-0.2, -0.15) is 0 Å². The van der Waals surface area contributed by atoms with Gasteiger partial charge in [-0.1, -0.05) is 6.07 Å². The van der Waals surface area contributed by atoms with Gasteiger partial charge in [0.1, 0.15) is 5.69 Å². The summed E-state index contributed by atoms with van der Waals surface area (Å²) in [5, 5.41) is 0. The van der Waals surface area contributed by atoms with Crippen LogP contribution in [-0.4, -0.2) is 16.8 Å². The van der Waals surface area contributed by atoms with Gasteiger partial charge in [-0.15, -0.1) is 11.3 Å². The highest BCUT2D eigenvalue weighted by atomic mass is 79.9. The number of aryl methyl sites for hydroxylation is 1. The predicted molar refractivity (Wildman–Crippen MR) is 84.8 cm³/mol. The van der Waals surface area contributed by atoms with Crippen molar-refractivity contribution >= 4 is 39.1 Å². The van der Waals surface area contributed by atoms with Crippen LogP contribution in [0.25, 0.3) is 0 Å². The zero-order valence-electron chi connectivity index (χ0n) is 11.1. The lowest BCUT2D eigenvalue weighted by molar-refractivity contribution is -0.121. The summed E-state index contributed by atoms with van der Waals surface area (Å²) in [4.78, 5) is 28.4.